The molecule has 0 aliphatic heterocycles. The van der Waals surface area contributed by atoms with Crippen LogP contribution in [0.5, 0.6) is 5.75 Å². The van der Waals surface area contributed by atoms with E-state index >= 15 is 0 Å². The Bertz CT molecular complexity index is 509. The molecule has 2 rings (SSSR count). The molecule has 0 unspecified atom stereocenters. The molecule has 2 aromatic rings. The van der Waals surface area contributed by atoms with E-state index in [-0.39, 0.29) is 11.3 Å². The van der Waals surface area contributed by atoms with Crippen LogP contribution in [0.1, 0.15) is 21.6 Å². The van der Waals surface area contributed by atoms with Crippen molar-refractivity contribution in [2.75, 3.05) is 0 Å². The smallest absolute Gasteiger partial charge is 0.154 e. The SMILES string of the molecule is Cc1ncc(Cn2cnnn2)c(C=O)c1O. The third kappa shape index (κ3) is 1.74. The standard InChI is InChI=1S/C9H9N5O2/c1-6-9(16)8(4-15)7(2-10-6)3-14-5-11-12-13-14/h2,4-5,16H,3H2,1H3. The highest BCUT2D eigenvalue weighted by Gasteiger charge is 2.11. The van der Waals surface area contributed by atoms with Gasteiger partial charge in [0.15, 0.2) is 6.29 Å². The maximum absolute atomic E-state index is 10.9. The maximum Gasteiger partial charge on any atom is 0.154 e. The first-order valence-electron chi connectivity index (χ1n) is 4.55. The second-order valence-corrected chi connectivity index (χ2v) is 3.26. The molecule has 0 saturated heterocycles. The highest BCUT2D eigenvalue weighted by atomic mass is 16.3. The van der Waals surface area contributed by atoms with Crippen molar-refractivity contribution in [1.82, 2.24) is 25.2 Å². The predicted octanol–water partition coefficient (Wildman–Crippen LogP) is -0.0571. The molecule has 0 radical (unpaired) electrons. The number of carbonyl (C=O) groups excluding carboxylic acids is 1. The molecule has 7 nitrogen and oxygen atoms in total. The van der Waals surface area contributed by atoms with Crippen LogP contribution in [0, 0.1) is 6.92 Å². The van der Waals surface area contributed by atoms with Gasteiger partial charge in [0.05, 0.1) is 17.8 Å². The van der Waals surface area contributed by atoms with Crippen LogP contribution in [-0.2, 0) is 6.54 Å². The molecule has 1 N–H and O–H groups in total. The van der Waals surface area contributed by atoms with Gasteiger partial charge >= 0.3 is 0 Å². The largest absolute Gasteiger partial charge is 0.505 e. The zero-order chi connectivity index (χ0) is 11.5. The van der Waals surface area contributed by atoms with E-state index in [1.165, 1.54) is 17.2 Å². The van der Waals surface area contributed by atoms with Crippen LogP contribution in [0.15, 0.2) is 12.5 Å². The lowest BCUT2D eigenvalue weighted by molar-refractivity contribution is 0.111. The van der Waals surface area contributed by atoms with Crippen molar-refractivity contribution in [2.45, 2.75) is 13.5 Å². The second kappa shape index (κ2) is 4.05. The van der Waals surface area contributed by atoms with E-state index in [1.807, 2.05) is 0 Å². The van der Waals surface area contributed by atoms with E-state index < -0.39 is 0 Å². The van der Waals surface area contributed by atoms with Crippen molar-refractivity contribution in [1.29, 1.82) is 0 Å². The van der Waals surface area contributed by atoms with Crippen molar-refractivity contribution in [3.8, 4) is 5.75 Å². The predicted molar refractivity (Wildman–Crippen MR) is 52.9 cm³/mol. The van der Waals surface area contributed by atoms with Crippen molar-refractivity contribution >= 4 is 6.29 Å². The Morgan fingerprint density at radius 2 is 2.38 bits per heavy atom. The Kier molecular flexibility index (Phi) is 2.59. The number of nitrogens with zero attached hydrogens (tertiary/aromatic N) is 5. The molecule has 0 aliphatic carbocycles. The van der Waals surface area contributed by atoms with Gasteiger partial charge in [-0.1, -0.05) is 0 Å². The number of tetrazole rings is 1. The molecule has 7 heteroatoms. The summed E-state index contributed by atoms with van der Waals surface area (Å²) in [6.45, 7) is 1.92. The summed E-state index contributed by atoms with van der Waals surface area (Å²) in [5, 5.41) is 20.3. The van der Waals surface area contributed by atoms with Gasteiger partial charge in [0, 0.05) is 11.8 Å². The van der Waals surface area contributed by atoms with Crippen LogP contribution in [-0.4, -0.2) is 36.6 Å². The van der Waals surface area contributed by atoms with Crippen LogP contribution in [0.3, 0.4) is 0 Å². The maximum atomic E-state index is 10.9. The molecule has 16 heavy (non-hydrogen) atoms. The van der Waals surface area contributed by atoms with Crippen LogP contribution >= 0.6 is 0 Å². The minimum absolute atomic E-state index is 0.0967. The Morgan fingerprint density at radius 3 is 3.00 bits per heavy atom. The number of aryl methyl sites for hydroxylation is 1. The summed E-state index contributed by atoms with van der Waals surface area (Å²) in [4.78, 5) is 14.9. The lowest BCUT2D eigenvalue weighted by atomic mass is 10.1. The van der Waals surface area contributed by atoms with Crippen molar-refractivity contribution < 1.29 is 9.90 Å². The molecule has 82 valence electrons. The molecule has 0 aliphatic rings. The zero-order valence-corrected chi connectivity index (χ0v) is 8.53. The summed E-state index contributed by atoms with van der Waals surface area (Å²) in [5.41, 5.74) is 1.22. The summed E-state index contributed by atoms with van der Waals surface area (Å²) in [7, 11) is 0. The third-order valence-electron chi connectivity index (χ3n) is 2.20. The fraction of sp³-hybridized carbons (Fsp3) is 0.222. The summed E-state index contributed by atoms with van der Waals surface area (Å²) in [6.07, 6.45) is 3.55. The van der Waals surface area contributed by atoms with Gasteiger partial charge in [0.25, 0.3) is 0 Å². The third-order valence-corrected chi connectivity index (χ3v) is 2.20. The van der Waals surface area contributed by atoms with Gasteiger partial charge in [-0.15, -0.1) is 5.10 Å². The van der Waals surface area contributed by atoms with Gasteiger partial charge in [0.1, 0.15) is 12.1 Å². The van der Waals surface area contributed by atoms with Crippen LogP contribution in [0.25, 0.3) is 0 Å². The number of aromatic nitrogens is 5. The van der Waals surface area contributed by atoms with Gasteiger partial charge in [-0.05, 0) is 17.4 Å². The summed E-state index contributed by atoms with van der Waals surface area (Å²) in [6, 6.07) is 0. The van der Waals surface area contributed by atoms with Gasteiger partial charge in [-0.2, -0.15) is 0 Å². The Morgan fingerprint density at radius 1 is 1.56 bits per heavy atom. The minimum Gasteiger partial charge on any atom is -0.505 e. The monoisotopic (exact) mass is 219 g/mol. The highest BCUT2D eigenvalue weighted by Crippen LogP contribution is 2.21. The van der Waals surface area contributed by atoms with E-state index in [2.05, 4.69) is 20.5 Å². The van der Waals surface area contributed by atoms with Gasteiger partial charge in [-0.25, -0.2) is 4.68 Å². The van der Waals surface area contributed by atoms with Gasteiger partial charge < -0.3 is 5.11 Å². The zero-order valence-electron chi connectivity index (χ0n) is 8.53. The molecule has 0 atom stereocenters. The molecular formula is C9H9N5O2. The van der Waals surface area contributed by atoms with E-state index in [0.29, 0.717) is 24.1 Å². The number of carbonyl (C=O) groups is 1. The average Bonchev–Trinajstić information content (AvgIpc) is 2.77. The van der Waals surface area contributed by atoms with E-state index in [4.69, 9.17) is 0 Å². The molecule has 0 saturated carbocycles. The minimum atomic E-state index is -0.0967. The quantitative estimate of drug-likeness (QED) is 0.727. The summed E-state index contributed by atoms with van der Waals surface area (Å²) < 4.78 is 1.44. The number of pyridine rings is 1. The number of aromatic hydroxyl groups is 1. The summed E-state index contributed by atoms with van der Waals surface area (Å²) >= 11 is 0. The number of rotatable bonds is 3. The topological polar surface area (TPSA) is 93.8 Å². The van der Waals surface area contributed by atoms with Crippen LogP contribution in [0.4, 0.5) is 0 Å². The van der Waals surface area contributed by atoms with E-state index in [9.17, 15) is 9.90 Å². The lowest BCUT2D eigenvalue weighted by Gasteiger charge is -2.07. The molecular weight excluding hydrogens is 210 g/mol. The van der Waals surface area contributed by atoms with Crippen LogP contribution < -0.4 is 0 Å². The number of hydrogen-bond acceptors (Lipinski definition) is 6. The second-order valence-electron chi connectivity index (χ2n) is 3.26. The molecule has 0 bridgehead atoms. The van der Waals surface area contributed by atoms with Crippen molar-refractivity contribution in [3.05, 3.63) is 29.3 Å². The first kappa shape index (κ1) is 10.2. The molecule has 0 amide bonds. The first-order chi connectivity index (χ1) is 7.72. The molecule has 0 aromatic carbocycles. The van der Waals surface area contributed by atoms with Gasteiger partial charge in [0.2, 0.25) is 0 Å². The Balaban J connectivity index is 2.41. The van der Waals surface area contributed by atoms with E-state index in [1.54, 1.807) is 6.92 Å². The fourth-order valence-electron chi connectivity index (χ4n) is 1.34. The Labute approximate surface area is 90.7 Å². The van der Waals surface area contributed by atoms with Crippen molar-refractivity contribution in [3.63, 3.8) is 0 Å². The lowest BCUT2D eigenvalue weighted by Crippen LogP contribution is -2.05. The molecule has 0 fully saturated rings. The average molecular weight is 219 g/mol. The normalized spacial score (nSPS) is 10.3. The number of hydrogen-bond donors (Lipinski definition) is 1. The molecule has 2 heterocycles. The van der Waals surface area contributed by atoms with Crippen LogP contribution in [0.2, 0.25) is 0 Å². The first-order valence-corrected chi connectivity index (χ1v) is 4.55. The molecule has 2 aromatic heterocycles. The number of aldehydes is 1. The Hall–Kier alpha value is -2.31. The van der Waals surface area contributed by atoms with E-state index in [0.717, 1.165) is 0 Å². The van der Waals surface area contributed by atoms with Gasteiger partial charge in [-0.3, -0.25) is 9.78 Å². The highest BCUT2D eigenvalue weighted by molar-refractivity contribution is 5.81. The fourth-order valence-corrected chi connectivity index (χ4v) is 1.34. The molecule has 0 spiro atoms. The van der Waals surface area contributed by atoms with Crippen molar-refractivity contribution in [2.24, 2.45) is 0 Å². The summed E-state index contributed by atoms with van der Waals surface area (Å²) in [5.74, 6) is -0.0967.